The Balaban J connectivity index is 2.95. The molecule has 1 aromatic heterocycles. The van der Waals surface area contributed by atoms with Crippen molar-refractivity contribution in [3.8, 4) is 0 Å². The van der Waals surface area contributed by atoms with Crippen molar-refractivity contribution in [3.05, 3.63) is 11.6 Å². The summed E-state index contributed by atoms with van der Waals surface area (Å²) in [5.74, 6) is -1.56. The van der Waals surface area contributed by atoms with Crippen LogP contribution < -0.4 is 0 Å². The molecule has 0 atom stereocenters. The Hall–Kier alpha value is -1.14. The van der Waals surface area contributed by atoms with Crippen molar-refractivity contribution >= 4 is 0 Å². The number of aromatic nitrogens is 3. The second-order valence-electron chi connectivity index (χ2n) is 2.80. The average Bonchev–Trinajstić information content (AvgIpc) is 2.42. The zero-order chi connectivity index (χ0) is 10.8. The number of nitrogens with zero attached hydrogens (tertiary/aromatic N) is 3. The highest BCUT2D eigenvalue weighted by molar-refractivity contribution is 5.02. The molecular weight excluding hydrogens is 202 g/mol. The minimum absolute atomic E-state index is 0.0300. The van der Waals surface area contributed by atoms with Gasteiger partial charge < -0.3 is 0 Å². The lowest BCUT2D eigenvalue weighted by molar-refractivity contribution is -0.146. The summed E-state index contributed by atoms with van der Waals surface area (Å²) in [5, 5.41) is 5.85. The van der Waals surface area contributed by atoms with E-state index in [1.54, 1.807) is 0 Å². The topological polar surface area (TPSA) is 30.7 Å². The fraction of sp³-hybridized carbons (Fsp3) is 0.714. The van der Waals surface area contributed by atoms with Crippen molar-refractivity contribution < 1.29 is 17.6 Å². The van der Waals surface area contributed by atoms with Gasteiger partial charge >= 0.3 is 6.18 Å². The largest absolute Gasteiger partial charge is 0.437 e. The molecule has 1 rings (SSSR count). The van der Waals surface area contributed by atoms with Crippen LogP contribution in [0, 0.1) is 5.95 Å². The molecule has 1 aromatic rings. The van der Waals surface area contributed by atoms with Gasteiger partial charge in [-0.25, -0.2) is 4.68 Å². The summed E-state index contributed by atoms with van der Waals surface area (Å²) in [6.45, 7) is 1.85. The fourth-order valence-electron chi connectivity index (χ4n) is 1.02. The van der Waals surface area contributed by atoms with Crippen LogP contribution in [0.25, 0.3) is 0 Å². The normalized spacial score (nSPS) is 12.1. The van der Waals surface area contributed by atoms with E-state index in [0.717, 1.165) is 0 Å². The van der Waals surface area contributed by atoms with E-state index in [2.05, 4.69) is 10.3 Å². The predicted molar refractivity (Wildman–Crippen MR) is 39.9 cm³/mol. The molecule has 0 amide bonds. The van der Waals surface area contributed by atoms with Crippen molar-refractivity contribution in [2.45, 2.75) is 32.5 Å². The third kappa shape index (κ3) is 2.21. The molecule has 0 aromatic carbocycles. The highest BCUT2D eigenvalue weighted by Crippen LogP contribution is 2.30. The van der Waals surface area contributed by atoms with Crippen LogP contribution in [0.15, 0.2) is 0 Å². The summed E-state index contributed by atoms with van der Waals surface area (Å²) in [7, 11) is 0. The predicted octanol–water partition coefficient (Wildman–Crippen LogP) is 2.24. The van der Waals surface area contributed by atoms with Crippen LogP contribution in [-0.4, -0.2) is 15.0 Å². The smallest absolute Gasteiger partial charge is 0.237 e. The van der Waals surface area contributed by atoms with Gasteiger partial charge in [0.1, 0.15) is 0 Å². The van der Waals surface area contributed by atoms with Crippen molar-refractivity contribution in [3.63, 3.8) is 0 Å². The molecule has 0 bridgehead atoms. The molecule has 0 aliphatic rings. The second kappa shape index (κ2) is 3.93. The van der Waals surface area contributed by atoms with E-state index >= 15 is 0 Å². The highest BCUT2D eigenvalue weighted by Gasteiger charge is 2.39. The monoisotopic (exact) mass is 211 g/mol. The Morgan fingerprint density at radius 3 is 2.50 bits per heavy atom. The standard InChI is InChI=1S/C7H9F4N3/c1-2-3-4-14-5(7(9,10)11)6(8)12-13-14/h2-4H2,1H3. The fourth-order valence-corrected chi connectivity index (χ4v) is 1.02. The van der Waals surface area contributed by atoms with Gasteiger partial charge in [-0.05, 0) is 6.42 Å². The van der Waals surface area contributed by atoms with Gasteiger partial charge in [0.15, 0.2) is 5.69 Å². The first-order chi connectivity index (χ1) is 6.46. The van der Waals surface area contributed by atoms with Crippen LogP contribution in [0.1, 0.15) is 25.5 Å². The number of rotatable bonds is 3. The Morgan fingerprint density at radius 2 is 2.00 bits per heavy atom. The van der Waals surface area contributed by atoms with Crippen LogP contribution >= 0.6 is 0 Å². The molecule has 1 heterocycles. The molecule has 7 heteroatoms. The lowest BCUT2D eigenvalue weighted by atomic mass is 10.3. The number of unbranched alkanes of at least 4 members (excludes halogenated alkanes) is 1. The highest BCUT2D eigenvalue weighted by atomic mass is 19.4. The van der Waals surface area contributed by atoms with Crippen molar-refractivity contribution in [1.82, 2.24) is 15.0 Å². The maximum Gasteiger partial charge on any atom is 0.437 e. The van der Waals surface area contributed by atoms with Crippen LogP contribution in [0.5, 0.6) is 0 Å². The third-order valence-corrected chi connectivity index (χ3v) is 1.69. The lowest BCUT2D eigenvalue weighted by Gasteiger charge is -2.07. The molecule has 14 heavy (non-hydrogen) atoms. The first kappa shape index (κ1) is 10.9. The third-order valence-electron chi connectivity index (χ3n) is 1.69. The van der Waals surface area contributed by atoms with E-state index < -0.39 is 17.8 Å². The number of alkyl halides is 3. The van der Waals surface area contributed by atoms with E-state index in [1.807, 2.05) is 6.92 Å². The molecule has 0 spiro atoms. The summed E-state index contributed by atoms with van der Waals surface area (Å²) in [5.41, 5.74) is -1.40. The Morgan fingerprint density at radius 1 is 1.36 bits per heavy atom. The average molecular weight is 211 g/mol. The number of aryl methyl sites for hydroxylation is 1. The molecule has 0 fully saturated rings. The maximum absolute atomic E-state index is 12.6. The Bertz CT molecular complexity index is 304. The van der Waals surface area contributed by atoms with E-state index in [9.17, 15) is 17.6 Å². The van der Waals surface area contributed by atoms with Gasteiger partial charge in [0.05, 0.1) is 0 Å². The van der Waals surface area contributed by atoms with Crippen LogP contribution in [0.4, 0.5) is 17.6 Å². The molecule has 0 saturated heterocycles. The van der Waals surface area contributed by atoms with E-state index in [4.69, 9.17) is 0 Å². The van der Waals surface area contributed by atoms with Crippen molar-refractivity contribution in [1.29, 1.82) is 0 Å². The summed E-state index contributed by atoms with van der Waals surface area (Å²) in [6.07, 6.45) is -3.52. The minimum atomic E-state index is -4.73. The van der Waals surface area contributed by atoms with Gasteiger partial charge in [-0.2, -0.15) is 17.6 Å². The van der Waals surface area contributed by atoms with E-state index in [0.29, 0.717) is 17.5 Å². The van der Waals surface area contributed by atoms with Crippen molar-refractivity contribution in [2.75, 3.05) is 0 Å². The molecule has 0 aliphatic carbocycles. The maximum atomic E-state index is 12.6. The summed E-state index contributed by atoms with van der Waals surface area (Å²) in [4.78, 5) is 0. The number of hydrogen-bond donors (Lipinski definition) is 0. The van der Waals surface area contributed by atoms with Gasteiger partial charge in [0, 0.05) is 6.54 Å². The van der Waals surface area contributed by atoms with Crippen LogP contribution in [0.3, 0.4) is 0 Å². The molecule has 0 unspecified atom stereocenters. The lowest BCUT2D eigenvalue weighted by Crippen LogP contribution is -2.16. The Kier molecular flexibility index (Phi) is 3.07. The van der Waals surface area contributed by atoms with Crippen LogP contribution in [0.2, 0.25) is 0 Å². The summed E-state index contributed by atoms with van der Waals surface area (Å²) in [6, 6.07) is 0. The SMILES string of the molecule is CCCCn1nnc(F)c1C(F)(F)F. The molecule has 80 valence electrons. The summed E-state index contributed by atoms with van der Waals surface area (Å²) < 4.78 is 49.9. The van der Waals surface area contributed by atoms with Gasteiger partial charge in [0.2, 0.25) is 0 Å². The quantitative estimate of drug-likeness (QED) is 0.718. The molecule has 0 N–H and O–H groups in total. The van der Waals surface area contributed by atoms with E-state index in [-0.39, 0.29) is 6.54 Å². The second-order valence-corrected chi connectivity index (χ2v) is 2.80. The van der Waals surface area contributed by atoms with E-state index in [1.165, 1.54) is 0 Å². The molecule has 0 aliphatic heterocycles. The van der Waals surface area contributed by atoms with Gasteiger partial charge in [0.25, 0.3) is 5.95 Å². The number of halogens is 4. The molecule has 3 nitrogen and oxygen atoms in total. The van der Waals surface area contributed by atoms with Crippen molar-refractivity contribution in [2.24, 2.45) is 0 Å². The Labute approximate surface area is 77.7 Å². The summed E-state index contributed by atoms with van der Waals surface area (Å²) >= 11 is 0. The van der Waals surface area contributed by atoms with Gasteiger partial charge in [-0.3, -0.25) is 0 Å². The van der Waals surface area contributed by atoms with Crippen LogP contribution in [-0.2, 0) is 12.7 Å². The zero-order valence-electron chi connectivity index (χ0n) is 7.47. The van der Waals surface area contributed by atoms with Gasteiger partial charge in [-0.15, -0.1) is 0 Å². The molecular formula is C7H9F4N3. The van der Waals surface area contributed by atoms with Gasteiger partial charge in [-0.1, -0.05) is 23.7 Å². The molecule has 0 radical (unpaired) electrons. The zero-order valence-corrected chi connectivity index (χ0v) is 7.47. The first-order valence-corrected chi connectivity index (χ1v) is 4.13. The minimum Gasteiger partial charge on any atom is -0.237 e. The first-order valence-electron chi connectivity index (χ1n) is 4.13. The molecule has 0 saturated carbocycles. The number of hydrogen-bond acceptors (Lipinski definition) is 2.